The molecule has 1 fully saturated rings. The Balaban J connectivity index is 1.63. The highest BCUT2D eigenvalue weighted by molar-refractivity contribution is 5.43. The van der Waals surface area contributed by atoms with Crippen LogP contribution in [0.2, 0.25) is 0 Å². The van der Waals surface area contributed by atoms with Gasteiger partial charge in [0.25, 0.3) is 5.69 Å². The van der Waals surface area contributed by atoms with Gasteiger partial charge in [0.1, 0.15) is 6.61 Å². The topological polar surface area (TPSA) is 90.9 Å². The summed E-state index contributed by atoms with van der Waals surface area (Å²) in [5, 5.41) is 10.7. The number of nitrogens with zero attached hydrogens (tertiary/aromatic N) is 2. The molecule has 1 atom stereocenters. The van der Waals surface area contributed by atoms with Crippen molar-refractivity contribution in [3.63, 3.8) is 0 Å². The van der Waals surface area contributed by atoms with Crippen LogP contribution in [0.3, 0.4) is 0 Å². The van der Waals surface area contributed by atoms with Gasteiger partial charge in [0.2, 0.25) is 0 Å². The number of hydrogen-bond donors (Lipinski definition) is 1. The van der Waals surface area contributed by atoms with Crippen LogP contribution in [0.25, 0.3) is 0 Å². The van der Waals surface area contributed by atoms with E-state index >= 15 is 0 Å². The minimum absolute atomic E-state index is 0.0672. The highest BCUT2D eigenvalue weighted by atomic mass is 16.6. The number of ether oxygens (including phenoxy) is 2. The maximum Gasteiger partial charge on any atom is 0.269 e. The van der Waals surface area contributed by atoms with Crippen molar-refractivity contribution < 1.29 is 14.4 Å². The molecular weight excluding hydrogens is 370 g/mol. The molecular formula is C22H29N3O4. The van der Waals surface area contributed by atoms with E-state index in [9.17, 15) is 10.1 Å². The predicted molar refractivity (Wildman–Crippen MR) is 112 cm³/mol. The van der Waals surface area contributed by atoms with E-state index in [4.69, 9.17) is 15.2 Å². The molecule has 1 heterocycles. The van der Waals surface area contributed by atoms with Gasteiger partial charge in [-0.1, -0.05) is 19.9 Å². The predicted octanol–water partition coefficient (Wildman–Crippen LogP) is 3.74. The van der Waals surface area contributed by atoms with Gasteiger partial charge in [-0.2, -0.15) is 0 Å². The molecule has 0 amide bonds. The van der Waals surface area contributed by atoms with Crippen molar-refractivity contribution in [2.45, 2.75) is 39.5 Å². The first-order chi connectivity index (χ1) is 13.8. The van der Waals surface area contributed by atoms with Gasteiger partial charge in [0.05, 0.1) is 12.0 Å². The van der Waals surface area contributed by atoms with Crippen LogP contribution in [-0.2, 0) is 13.2 Å². The fourth-order valence-electron chi connectivity index (χ4n) is 3.68. The lowest BCUT2D eigenvalue weighted by Gasteiger charge is -2.42. The zero-order valence-electron chi connectivity index (χ0n) is 17.3. The summed E-state index contributed by atoms with van der Waals surface area (Å²) >= 11 is 0. The van der Waals surface area contributed by atoms with Crippen LogP contribution in [0.15, 0.2) is 42.5 Å². The summed E-state index contributed by atoms with van der Waals surface area (Å²) in [6.45, 7) is 7.56. The summed E-state index contributed by atoms with van der Waals surface area (Å²) in [4.78, 5) is 12.8. The smallest absolute Gasteiger partial charge is 0.269 e. The average Bonchev–Trinajstić information content (AvgIpc) is 2.69. The van der Waals surface area contributed by atoms with Gasteiger partial charge in [-0.25, -0.2) is 0 Å². The minimum Gasteiger partial charge on any atom is -0.493 e. The Bertz CT molecular complexity index is 852. The summed E-state index contributed by atoms with van der Waals surface area (Å²) < 4.78 is 11.4. The van der Waals surface area contributed by atoms with Gasteiger partial charge in [-0.05, 0) is 47.2 Å². The lowest BCUT2D eigenvalue weighted by Crippen LogP contribution is -2.52. The van der Waals surface area contributed by atoms with E-state index in [1.165, 1.54) is 12.1 Å². The summed E-state index contributed by atoms with van der Waals surface area (Å²) in [5.74, 6) is 1.33. The molecule has 3 rings (SSSR count). The number of nitro groups is 1. The second-order valence-corrected chi connectivity index (χ2v) is 8.29. The molecule has 0 saturated carbocycles. The van der Waals surface area contributed by atoms with E-state index in [0.717, 1.165) is 37.2 Å². The Morgan fingerprint density at radius 2 is 1.86 bits per heavy atom. The Labute approximate surface area is 171 Å². The van der Waals surface area contributed by atoms with Crippen LogP contribution in [-0.4, -0.2) is 36.1 Å². The molecule has 0 aliphatic carbocycles. The number of non-ortho nitro benzene ring substituents is 1. The number of likely N-dealkylation sites (tertiary alicyclic amines) is 1. The molecule has 2 aromatic rings. The first-order valence-corrected chi connectivity index (χ1v) is 9.79. The molecule has 0 spiro atoms. The van der Waals surface area contributed by atoms with E-state index < -0.39 is 4.92 Å². The third-order valence-corrected chi connectivity index (χ3v) is 5.57. The first kappa shape index (κ1) is 21.1. The SMILES string of the molecule is COc1cc(CN2CCC(N)C(C)(C)C2)ccc1OCc1ccc([N+](=O)[O-])cc1. The molecule has 0 aromatic heterocycles. The molecule has 0 radical (unpaired) electrons. The van der Waals surface area contributed by atoms with Crippen molar-refractivity contribution in [3.05, 3.63) is 63.7 Å². The minimum atomic E-state index is -0.413. The maximum atomic E-state index is 10.7. The van der Waals surface area contributed by atoms with E-state index in [1.807, 2.05) is 12.1 Å². The number of nitro benzene ring substituents is 1. The normalized spacial score (nSPS) is 19.0. The van der Waals surface area contributed by atoms with Crippen molar-refractivity contribution in [3.8, 4) is 11.5 Å². The summed E-state index contributed by atoms with van der Waals surface area (Å²) in [6.07, 6.45) is 1.00. The summed E-state index contributed by atoms with van der Waals surface area (Å²) in [5.41, 5.74) is 8.43. The first-order valence-electron chi connectivity index (χ1n) is 9.79. The summed E-state index contributed by atoms with van der Waals surface area (Å²) in [6, 6.07) is 12.6. The molecule has 1 saturated heterocycles. The number of nitrogens with two attached hydrogens (primary N) is 1. The number of rotatable bonds is 7. The largest absolute Gasteiger partial charge is 0.493 e. The quantitative estimate of drug-likeness (QED) is 0.563. The Morgan fingerprint density at radius 1 is 1.17 bits per heavy atom. The standard InChI is InChI=1S/C22H29N3O4/c1-22(2)15-24(11-10-21(22)23)13-17-6-9-19(20(12-17)28-3)29-14-16-4-7-18(8-5-16)25(26)27/h4-9,12,21H,10-11,13-15,23H2,1-3H3. The highest BCUT2D eigenvalue weighted by Gasteiger charge is 2.33. The molecule has 7 nitrogen and oxygen atoms in total. The molecule has 1 aliphatic rings. The average molecular weight is 399 g/mol. The zero-order valence-corrected chi connectivity index (χ0v) is 17.3. The molecule has 2 N–H and O–H groups in total. The molecule has 2 aromatic carbocycles. The number of hydrogen-bond acceptors (Lipinski definition) is 6. The van der Waals surface area contributed by atoms with E-state index in [1.54, 1.807) is 19.2 Å². The van der Waals surface area contributed by atoms with Gasteiger partial charge in [0, 0.05) is 37.8 Å². The van der Waals surface area contributed by atoms with Crippen molar-refractivity contribution in [2.24, 2.45) is 11.1 Å². The Hall–Kier alpha value is -2.64. The lowest BCUT2D eigenvalue weighted by molar-refractivity contribution is -0.384. The lowest BCUT2D eigenvalue weighted by atomic mass is 9.79. The fourth-order valence-corrected chi connectivity index (χ4v) is 3.68. The van der Waals surface area contributed by atoms with Crippen LogP contribution in [0, 0.1) is 15.5 Å². The highest BCUT2D eigenvalue weighted by Crippen LogP contribution is 2.32. The maximum absolute atomic E-state index is 10.7. The number of methoxy groups -OCH3 is 1. The second kappa shape index (κ2) is 8.80. The Kier molecular flexibility index (Phi) is 6.39. The van der Waals surface area contributed by atoms with Gasteiger partial charge < -0.3 is 15.2 Å². The van der Waals surface area contributed by atoms with Gasteiger partial charge in [-0.3, -0.25) is 15.0 Å². The van der Waals surface area contributed by atoms with Crippen LogP contribution in [0.1, 0.15) is 31.4 Å². The van der Waals surface area contributed by atoms with Crippen LogP contribution in [0.5, 0.6) is 11.5 Å². The van der Waals surface area contributed by atoms with E-state index in [2.05, 4.69) is 24.8 Å². The van der Waals surface area contributed by atoms with Gasteiger partial charge in [-0.15, -0.1) is 0 Å². The van der Waals surface area contributed by atoms with Crippen molar-refractivity contribution in [2.75, 3.05) is 20.2 Å². The van der Waals surface area contributed by atoms with Crippen LogP contribution in [0.4, 0.5) is 5.69 Å². The molecule has 156 valence electrons. The molecule has 1 unspecified atom stereocenters. The Morgan fingerprint density at radius 3 is 2.48 bits per heavy atom. The van der Waals surface area contributed by atoms with Crippen LogP contribution < -0.4 is 15.2 Å². The van der Waals surface area contributed by atoms with Gasteiger partial charge >= 0.3 is 0 Å². The third-order valence-electron chi connectivity index (χ3n) is 5.57. The molecule has 1 aliphatic heterocycles. The summed E-state index contributed by atoms with van der Waals surface area (Å²) in [7, 11) is 1.63. The van der Waals surface area contributed by atoms with E-state index in [0.29, 0.717) is 18.1 Å². The van der Waals surface area contributed by atoms with Crippen molar-refractivity contribution in [1.29, 1.82) is 0 Å². The molecule has 29 heavy (non-hydrogen) atoms. The van der Waals surface area contributed by atoms with Crippen LogP contribution >= 0.6 is 0 Å². The number of benzene rings is 2. The zero-order chi connectivity index (χ0) is 21.0. The monoisotopic (exact) mass is 399 g/mol. The van der Waals surface area contributed by atoms with Gasteiger partial charge in [0.15, 0.2) is 11.5 Å². The van der Waals surface area contributed by atoms with Crippen molar-refractivity contribution >= 4 is 5.69 Å². The van der Waals surface area contributed by atoms with Crippen molar-refractivity contribution in [1.82, 2.24) is 4.90 Å². The fraction of sp³-hybridized carbons (Fsp3) is 0.455. The second-order valence-electron chi connectivity index (χ2n) is 8.29. The molecule has 7 heteroatoms. The number of piperidine rings is 1. The van der Waals surface area contributed by atoms with E-state index in [-0.39, 0.29) is 17.1 Å². The molecule has 0 bridgehead atoms. The third kappa shape index (κ3) is 5.25.